The highest BCUT2D eigenvalue weighted by Crippen LogP contribution is 2.48. The topological polar surface area (TPSA) is 123 Å². The first-order valence-corrected chi connectivity index (χ1v) is 14.1. The van der Waals surface area contributed by atoms with Gasteiger partial charge in [-0.1, -0.05) is 6.92 Å². The van der Waals surface area contributed by atoms with E-state index in [1.54, 1.807) is 24.5 Å². The van der Waals surface area contributed by atoms with E-state index < -0.39 is 11.6 Å². The molecule has 9 nitrogen and oxygen atoms in total. The van der Waals surface area contributed by atoms with Gasteiger partial charge in [-0.3, -0.25) is 9.59 Å². The number of halogens is 1. The smallest absolute Gasteiger partial charge is 0.343 e. The number of carbonyl (C=O) groups is 2. The first kappa shape index (κ1) is 26.0. The Bertz CT molecular complexity index is 1640. The Labute approximate surface area is 228 Å². The van der Waals surface area contributed by atoms with E-state index in [0.717, 1.165) is 28.0 Å². The Kier molecular flexibility index (Phi) is 6.28. The first-order valence-electron chi connectivity index (χ1n) is 13.1. The monoisotopic (exact) mass is 552 g/mol. The molecule has 2 atom stereocenters. The highest BCUT2D eigenvalue weighted by atomic mass is 32.2. The average molecular weight is 553 g/mol. The molecule has 0 saturated heterocycles. The lowest BCUT2D eigenvalue weighted by molar-refractivity contribution is -0.172. The third kappa shape index (κ3) is 3.81. The van der Waals surface area contributed by atoms with E-state index in [1.165, 1.54) is 17.8 Å². The highest BCUT2D eigenvalue weighted by Gasteiger charge is 2.46. The third-order valence-electron chi connectivity index (χ3n) is 8.07. The third-order valence-corrected chi connectivity index (χ3v) is 9.37. The summed E-state index contributed by atoms with van der Waals surface area (Å²) < 4.78 is 21.7. The number of ether oxygens (including phenoxy) is 1. The molecule has 3 aliphatic heterocycles. The van der Waals surface area contributed by atoms with Crippen LogP contribution in [0.15, 0.2) is 21.8 Å². The quantitative estimate of drug-likeness (QED) is 0.247. The molecule has 0 bridgehead atoms. The number of cyclic esters (lactones) is 1. The zero-order valence-corrected chi connectivity index (χ0v) is 22.8. The van der Waals surface area contributed by atoms with Crippen molar-refractivity contribution in [1.82, 2.24) is 20.2 Å². The molecule has 3 N–H and O–H groups in total. The second kappa shape index (κ2) is 9.42. The normalized spacial score (nSPS) is 20.8. The van der Waals surface area contributed by atoms with Crippen LogP contribution in [0, 0.1) is 12.7 Å². The van der Waals surface area contributed by atoms with Gasteiger partial charge in [0.15, 0.2) is 5.60 Å². The lowest BCUT2D eigenvalue weighted by Crippen LogP contribution is -2.44. The second-order valence-corrected chi connectivity index (χ2v) is 11.3. The minimum atomic E-state index is -1.94. The van der Waals surface area contributed by atoms with Crippen LogP contribution in [-0.4, -0.2) is 45.9 Å². The van der Waals surface area contributed by atoms with Crippen molar-refractivity contribution in [3.8, 4) is 11.4 Å². The van der Waals surface area contributed by atoms with Crippen molar-refractivity contribution in [2.75, 3.05) is 19.3 Å². The van der Waals surface area contributed by atoms with Gasteiger partial charge >= 0.3 is 5.97 Å². The predicted molar refractivity (Wildman–Crippen MR) is 144 cm³/mol. The highest BCUT2D eigenvalue weighted by molar-refractivity contribution is 7.99. The molecular weight excluding hydrogens is 523 g/mol. The number of pyridine rings is 2. The Morgan fingerprint density at radius 2 is 2.13 bits per heavy atom. The van der Waals surface area contributed by atoms with Crippen LogP contribution in [0.2, 0.25) is 0 Å². The number of benzene rings is 1. The van der Waals surface area contributed by atoms with Crippen LogP contribution in [-0.2, 0) is 33.1 Å². The Morgan fingerprint density at radius 3 is 2.87 bits per heavy atom. The summed E-state index contributed by atoms with van der Waals surface area (Å²) in [4.78, 5) is 44.7. The van der Waals surface area contributed by atoms with Crippen LogP contribution < -0.4 is 16.2 Å². The van der Waals surface area contributed by atoms with Gasteiger partial charge in [0, 0.05) is 39.6 Å². The van der Waals surface area contributed by atoms with E-state index in [4.69, 9.17) is 9.72 Å². The van der Waals surface area contributed by atoms with E-state index in [9.17, 15) is 23.9 Å². The van der Waals surface area contributed by atoms with Gasteiger partial charge in [0.05, 0.1) is 35.1 Å². The number of hydrogen-bond acceptors (Lipinski definition) is 8. The van der Waals surface area contributed by atoms with Gasteiger partial charge in [0.2, 0.25) is 5.91 Å². The van der Waals surface area contributed by atoms with Crippen LogP contribution in [0.1, 0.15) is 60.0 Å². The van der Waals surface area contributed by atoms with Crippen molar-refractivity contribution in [3.63, 3.8) is 0 Å². The fourth-order valence-electron chi connectivity index (χ4n) is 5.93. The molecule has 5 heterocycles. The minimum Gasteiger partial charge on any atom is -0.458 e. The van der Waals surface area contributed by atoms with Crippen LogP contribution in [0.3, 0.4) is 0 Å². The van der Waals surface area contributed by atoms with Gasteiger partial charge in [-0.05, 0) is 50.6 Å². The number of hydrogen-bond donors (Lipinski definition) is 3. The molecule has 6 rings (SSSR count). The molecule has 3 aromatic rings. The van der Waals surface area contributed by atoms with Crippen molar-refractivity contribution >= 4 is 34.5 Å². The zero-order chi connectivity index (χ0) is 27.6. The number of esters is 1. The Hall–Kier alpha value is -3.28. The van der Waals surface area contributed by atoms with Crippen LogP contribution >= 0.6 is 11.8 Å². The molecular formula is C28H29FN4O5S. The summed E-state index contributed by atoms with van der Waals surface area (Å²) in [6.07, 6.45) is 1.10. The Morgan fingerprint density at radius 1 is 1.33 bits per heavy atom. The molecule has 1 amide bonds. The van der Waals surface area contributed by atoms with E-state index in [-0.39, 0.29) is 54.0 Å². The maximum Gasteiger partial charge on any atom is 0.343 e. The molecule has 0 unspecified atom stereocenters. The predicted octanol–water partition coefficient (Wildman–Crippen LogP) is 2.79. The maximum absolute atomic E-state index is 15.0. The fourth-order valence-corrected chi connectivity index (χ4v) is 7.19. The molecule has 204 valence electrons. The van der Waals surface area contributed by atoms with E-state index in [2.05, 4.69) is 10.6 Å². The van der Waals surface area contributed by atoms with Crippen molar-refractivity contribution in [2.45, 2.75) is 62.8 Å². The summed E-state index contributed by atoms with van der Waals surface area (Å²) in [5, 5.41) is 18.2. The van der Waals surface area contributed by atoms with Gasteiger partial charge in [-0.25, -0.2) is 14.2 Å². The zero-order valence-electron chi connectivity index (χ0n) is 21.9. The standard InChI is InChI=1S/C28H29FN4O5S/c1-4-28(37)16-8-20-24-14(10-33(20)26(35)15(16)11-38-27(28)36)22-19(31-21(34)6-5-7-30-3)12-39-25-13(2)17(29)9-18(32-24)23(22)25/h8-9,19,30,37H,4-7,10-12H2,1-3H3,(H,31,34)/t19-,28+/m1/s1. The average Bonchev–Trinajstić information content (AvgIpc) is 3.29. The number of thioether (sulfide) groups is 1. The van der Waals surface area contributed by atoms with Gasteiger partial charge in [-0.15, -0.1) is 11.8 Å². The molecule has 11 heteroatoms. The van der Waals surface area contributed by atoms with Gasteiger partial charge < -0.3 is 25.0 Å². The number of nitrogens with one attached hydrogen (secondary N) is 2. The van der Waals surface area contributed by atoms with Gasteiger partial charge in [0.25, 0.3) is 5.56 Å². The van der Waals surface area contributed by atoms with Gasteiger partial charge in [-0.2, -0.15) is 0 Å². The van der Waals surface area contributed by atoms with E-state index >= 15 is 0 Å². The summed E-state index contributed by atoms with van der Waals surface area (Å²) >= 11 is 1.49. The van der Waals surface area contributed by atoms with Crippen LogP contribution in [0.25, 0.3) is 22.3 Å². The molecule has 0 saturated carbocycles. The number of aromatic nitrogens is 2. The van der Waals surface area contributed by atoms with Crippen molar-refractivity contribution in [3.05, 3.63) is 56.1 Å². The second-order valence-electron chi connectivity index (χ2n) is 10.3. The molecule has 0 fully saturated rings. The van der Waals surface area contributed by atoms with Gasteiger partial charge in [0.1, 0.15) is 12.4 Å². The van der Waals surface area contributed by atoms with E-state index in [1.807, 2.05) is 7.05 Å². The molecule has 1 aromatic carbocycles. The van der Waals surface area contributed by atoms with Crippen molar-refractivity contribution in [1.29, 1.82) is 0 Å². The summed E-state index contributed by atoms with van der Waals surface area (Å²) in [5.41, 5.74) is 1.69. The summed E-state index contributed by atoms with van der Waals surface area (Å²) in [6.45, 7) is 4.10. The molecule has 39 heavy (non-hydrogen) atoms. The summed E-state index contributed by atoms with van der Waals surface area (Å²) in [6, 6.07) is 2.69. The summed E-state index contributed by atoms with van der Waals surface area (Å²) in [5.74, 6) is -0.729. The number of amides is 1. The number of carbonyl (C=O) groups excluding carboxylic acids is 2. The molecule has 0 spiro atoms. The SMILES string of the molecule is CC[C@@]1(O)C(=O)OCc2c1cc1n(c2=O)Cc2c-1nc1cc(F)c(C)c3c1c2[C@H](NC(=O)CCCNC)CS3. The maximum atomic E-state index is 15.0. The van der Waals surface area contributed by atoms with Crippen LogP contribution in [0.5, 0.6) is 0 Å². The number of fused-ring (bicyclic) bond motifs is 5. The molecule has 0 radical (unpaired) electrons. The first-order chi connectivity index (χ1) is 18.7. The lowest BCUT2D eigenvalue weighted by atomic mass is 9.86. The molecule has 2 aromatic heterocycles. The Balaban J connectivity index is 1.56. The lowest BCUT2D eigenvalue weighted by Gasteiger charge is -2.31. The number of aliphatic hydroxyl groups is 1. The number of nitrogens with zero attached hydrogens (tertiary/aromatic N) is 2. The van der Waals surface area contributed by atoms with E-state index in [0.29, 0.717) is 41.1 Å². The summed E-state index contributed by atoms with van der Waals surface area (Å²) in [7, 11) is 1.84. The molecule has 3 aliphatic rings. The number of rotatable bonds is 6. The molecule has 0 aliphatic carbocycles. The minimum absolute atomic E-state index is 0.0394. The van der Waals surface area contributed by atoms with Crippen molar-refractivity contribution < 1.29 is 23.8 Å². The fraction of sp³-hybridized carbons (Fsp3) is 0.429. The van der Waals surface area contributed by atoms with Crippen molar-refractivity contribution in [2.24, 2.45) is 0 Å². The largest absolute Gasteiger partial charge is 0.458 e. The van der Waals surface area contributed by atoms with Crippen LogP contribution in [0.4, 0.5) is 4.39 Å².